The number of nitrogens with zero attached hydrogens (tertiary/aromatic N) is 1. The Morgan fingerprint density at radius 3 is 2.48 bits per heavy atom. The lowest BCUT2D eigenvalue weighted by atomic mass is 10.0. The van der Waals surface area contributed by atoms with Gasteiger partial charge in [0, 0.05) is 0 Å². The molecule has 1 amide bonds. The molecular formula is C23H22N2O4. The highest BCUT2D eigenvalue weighted by Crippen LogP contribution is 2.20. The molecule has 0 spiro atoms. The number of benzene rings is 3. The van der Waals surface area contributed by atoms with Crippen molar-refractivity contribution in [2.45, 2.75) is 13.0 Å². The third-order valence-corrected chi connectivity index (χ3v) is 4.45. The minimum atomic E-state index is -0.401. The van der Waals surface area contributed by atoms with Crippen LogP contribution in [0.15, 0.2) is 71.9 Å². The van der Waals surface area contributed by atoms with Gasteiger partial charge in [0.1, 0.15) is 0 Å². The van der Waals surface area contributed by atoms with E-state index in [4.69, 9.17) is 4.84 Å². The molecule has 0 aliphatic heterocycles. The third-order valence-electron chi connectivity index (χ3n) is 4.45. The van der Waals surface area contributed by atoms with E-state index in [1.807, 2.05) is 37.3 Å². The second-order valence-electron chi connectivity index (χ2n) is 6.52. The molecule has 3 aromatic rings. The Kier molecular flexibility index (Phi) is 6.58. The van der Waals surface area contributed by atoms with E-state index in [1.165, 1.54) is 13.3 Å². The summed E-state index contributed by atoms with van der Waals surface area (Å²) in [6.07, 6.45) is 1.47. The highest BCUT2D eigenvalue weighted by molar-refractivity contribution is 5.90. The summed E-state index contributed by atoms with van der Waals surface area (Å²) in [6.45, 7) is 1.74. The van der Waals surface area contributed by atoms with Gasteiger partial charge >= 0.3 is 5.97 Å². The van der Waals surface area contributed by atoms with Crippen LogP contribution in [0.3, 0.4) is 0 Å². The zero-order valence-electron chi connectivity index (χ0n) is 16.3. The van der Waals surface area contributed by atoms with Gasteiger partial charge in [0.25, 0.3) is 5.91 Å². The van der Waals surface area contributed by atoms with Gasteiger partial charge in [-0.05, 0) is 47.0 Å². The molecule has 0 fully saturated rings. The molecule has 29 heavy (non-hydrogen) atoms. The van der Waals surface area contributed by atoms with Gasteiger partial charge in [0.2, 0.25) is 0 Å². The van der Waals surface area contributed by atoms with Crippen molar-refractivity contribution in [2.24, 2.45) is 5.16 Å². The number of nitrogens with one attached hydrogen (secondary N) is 1. The number of hydrogen-bond donors (Lipinski definition) is 1. The van der Waals surface area contributed by atoms with Crippen LogP contribution in [0.1, 0.15) is 34.5 Å². The van der Waals surface area contributed by atoms with Crippen molar-refractivity contribution >= 4 is 28.9 Å². The highest BCUT2D eigenvalue weighted by atomic mass is 16.6. The predicted octanol–water partition coefficient (Wildman–Crippen LogP) is 3.85. The maximum absolute atomic E-state index is 12.1. The van der Waals surface area contributed by atoms with Crippen molar-refractivity contribution in [3.63, 3.8) is 0 Å². The van der Waals surface area contributed by atoms with Gasteiger partial charge in [-0.15, -0.1) is 0 Å². The SMILES string of the molecule is COC(=O)c1ccc(C=NOCC(=O)NC(C)c2ccc3ccccc3c2)cc1. The monoisotopic (exact) mass is 390 g/mol. The molecule has 1 N–H and O–H groups in total. The van der Waals surface area contributed by atoms with Crippen LogP contribution in [0.25, 0.3) is 10.8 Å². The zero-order valence-corrected chi connectivity index (χ0v) is 16.3. The van der Waals surface area contributed by atoms with Crippen molar-refractivity contribution in [1.82, 2.24) is 5.32 Å². The molecule has 0 aromatic heterocycles. The van der Waals surface area contributed by atoms with Crippen LogP contribution < -0.4 is 5.32 Å². The molecule has 0 aliphatic rings. The molecule has 3 aromatic carbocycles. The fraction of sp³-hybridized carbons (Fsp3) is 0.174. The molecule has 1 atom stereocenters. The maximum atomic E-state index is 12.1. The molecule has 0 saturated heterocycles. The predicted molar refractivity (Wildman–Crippen MR) is 112 cm³/mol. The number of carbonyl (C=O) groups is 2. The normalized spacial score (nSPS) is 11.9. The van der Waals surface area contributed by atoms with E-state index in [-0.39, 0.29) is 18.6 Å². The zero-order chi connectivity index (χ0) is 20.6. The Morgan fingerprint density at radius 2 is 1.76 bits per heavy atom. The molecule has 0 heterocycles. The molecule has 6 heteroatoms. The fourth-order valence-corrected chi connectivity index (χ4v) is 2.86. The number of oxime groups is 1. The summed E-state index contributed by atoms with van der Waals surface area (Å²) in [5.41, 5.74) is 2.21. The Labute approximate surface area is 169 Å². The molecule has 6 nitrogen and oxygen atoms in total. The van der Waals surface area contributed by atoms with E-state index in [1.54, 1.807) is 24.3 Å². The van der Waals surface area contributed by atoms with E-state index in [0.717, 1.165) is 21.9 Å². The number of carbonyl (C=O) groups excluding carboxylic acids is 2. The number of hydrogen-bond acceptors (Lipinski definition) is 5. The van der Waals surface area contributed by atoms with Crippen LogP contribution in [0.2, 0.25) is 0 Å². The first kappa shape index (κ1) is 20.1. The lowest BCUT2D eigenvalue weighted by molar-refractivity contribution is -0.126. The number of methoxy groups -OCH3 is 1. The Bertz CT molecular complexity index is 1030. The van der Waals surface area contributed by atoms with E-state index in [2.05, 4.69) is 27.3 Å². The average molecular weight is 390 g/mol. The van der Waals surface area contributed by atoms with Gasteiger partial charge in [0.15, 0.2) is 6.61 Å². The molecular weight excluding hydrogens is 368 g/mol. The van der Waals surface area contributed by atoms with Crippen LogP contribution >= 0.6 is 0 Å². The first-order chi connectivity index (χ1) is 14.1. The lowest BCUT2D eigenvalue weighted by Crippen LogP contribution is -2.29. The van der Waals surface area contributed by atoms with Crippen molar-refractivity contribution in [2.75, 3.05) is 13.7 Å². The summed E-state index contributed by atoms with van der Waals surface area (Å²) in [5, 5.41) is 8.98. The molecule has 0 bridgehead atoms. The van der Waals surface area contributed by atoms with Gasteiger partial charge in [-0.2, -0.15) is 0 Å². The summed E-state index contributed by atoms with van der Waals surface area (Å²) in [4.78, 5) is 28.6. The van der Waals surface area contributed by atoms with Gasteiger partial charge in [-0.3, -0.25) is 4.79 Å². The van der Waals surface area contributed by atoms with Crippen molar-refractivity contribution in [1.29, 1.82) is 0 Å². The smallest absolute Gasteiger partial charge is 0.337 e. The summed E-state index contributed by atoms with van der Waals surface area (Å²) in [5.74, 6) is -0.661. The Hall–Kier alpha value is -3.67. The molecule has 1 unspecified atom stereocenters. The second-order valence-corrected chi connectivity index (χ2v) is 6.52. The van der Waals surface area contributed by atoms with E-state index < -0.39 is 5.97 Å². The van der Waals surface area contributed by atoms with Gasteiger partial charge in [0.05, 0.1) is 24.9 Å². The van der Waals surface area contributed by atoms with Crippen LogP contribution in [0, 0.1) is 0 Å². The summed E-state index contributed by atoms with van der Waals surface area (Å²) < 4.78 is 4.64. The number of rotatable bonds is 7. The minimum absolute atomic E-state index is 0.148. The van der Waals surface area contributed by atoms with Crippen molar-refractivity contribution in [3.8, 4) is 0 Å². The first-order valence-electron chi connectivity index (χ1n) is 9.18. The van der Waals surface area contributed by atoms with E-state index >= 15 is 0 Å². The molecule has 0 radical (unpaired) electrons. The summed E-state index contributed by atoms with van der Waals surface area (Å²) in [6, 6.07) is 20.7. The van der Waals surface area contributed by atoms with Crippen molar-refractivity contribution < 1.29 is 19.2 Å². The standard InChI is InChI=1S/C23H22N2O4/c1-16(20-12-11-18-5-3-4-6-21(18)13-20)25-22(26)15-29-24-14-17-7-9-19(10-8-17)23(27)28-2/h3-14,16H,15H2,1-2H3,(H,25,26). The van der Waals surface area contributed by atoms with Crippen LogP contribution in [0.5, 0.6) is 0 Å². The average Bonchev–Trinajstić information content (AvgIpc) is 2.76. The van der Waals surface area contributed by atoms with E-state index in [0.29, 0.717) is 5.56 Å². The topological polar surface area (TPSA) is 77.0 Å². The lowest BCUT2D eigenvalue weighted by Gasteiger charge is -2.14. The molecule has 3 rings (SSSR count). The highest BCUT2D eigenvalue weighted by Gasteiger charge is 2.10. The Morgan fingerprint density at radius 1 is 1.03 bits per heavy atom. The fourth-order valence-electron chi connectivity index (χ4n) is 2.86. The molecule has 0 saturated carbocycles. The van der Waals surface area contributed by atoms with Crippen LogP contribution in [-0.2, 0) is 14.4 Å². The van der Waals surface area contributed by atoms with Crippen LogP contribution in [0.4, 0.5) is 0 Å². The largest absolute Gasteiger partial charge is 0.465 e. The van der Waals surface area contributed by atoms with Crippen molar-refractivity contribution in [3.05, 3.63) is 83.4 Å². The van der Waals surface area contributed by atoms with Crippen LogP contribution in [-0.4, -0.2) is 31.8 Å². The van der Waals surface area contributed by atoms with E-state index in [9.17, 15) is 9.59 Å². The number of fused-ring (bicyclic) bond motifs is 1. The number of amides is 1. The number of esters is 1. The second kappa shape index (κ2) is 9.50. The summed E-state index contributed by atoms with van der Waals surface area (Å²) in [7, 11) is 1.33. The van der Waals surface area contributed by atoms with Gasteiger partial charge in [-0.1, -0.05) is 53.7 Å². The minimum Gasteiger partial charge on any atom is -0.465 e. The first-order valence-corrected chi connectivity index (χ1v) is 9.18. The Balaban J connectivity index is 1.48. The number of ether oxygens (including phenoxy) is 1. The van der Waals surface area contributed by atoms with Gasteiger partial charge in [-0.25, -0.2) is 4.79 Å². The van der Waals surface area contributed by atoms with Gasteiger partial charge < -0.3 is 14.9 Å². The summed E-state index contributed by atoms with van der Waals surface area (Å²) >= 11 is 0. The maximum Gasteiger partial charge on any atom is 0.337 e. The molecule has 148 valence electrons. The quantitative estimate of drug-likeness (QED) is 0.378. The molecule has 0 aliphatic carbocycles. The third kappa shape index (κ3) is 5.42.